The van der Waals surface area contributed by atoms with Crippen molar-refractivity contribution in [2.24, 2.45) is 4.99 Å². The van der Waals surface area contributed by atoms with Crippen LogP contribution in [0.1, 0.15) is 38.8 Å². The number of guanidine groups is 1. The SMILES string of the molecule is CCNC(=NCc1cc(F)ccc1CS(C)(=O)=O)NCCS(=O)C(C)(C)C. The molecule has 0 fully saturated rings. The van der Waals surface area contributed by atoms with Gasteiger partial charge in [-0.3, -0.25) is 4.21 Å². The van der Waals surface area contributed by atoms with Crippen molar-refractivity contribution >= 4 is 26.6 Å². The van der Waals surface area contributed by atoms with Gasteiger partial charge in [-0.15, -0.1) is 0 Å². The van der Waals surface area contributed by atoms with Crippen molar-refractivity contribution in [1.29, 1.82) is 0 Å². The molecular formula is C18H30FN3O3S2. The van der Waals surface area contributed by atoms with Crippen molar-refractivity contribution in [3.63, 3.8) is 0 Å². The molecule has 0 radical (unpaired) electrons. The third kappa shape index (κ3) is 9.32. The highest BCUT2D eigenvalue weighted by Crippen LogP contribution is 2.15. The average molecular weight is 420 g/mol. The summed E-state index contributed by atoms with van der Waals surface area (Å²) >= 11 is 0. The minimum atomic E-state index is -3.24. The lowest BCUT2D eigenvalue weighted by Gasteiger charge is -2.18. The number of benzene rings is 1. The number of nitrogens with one attached hydrogen (secondary N) is 2. The van der Waals surface area contributed by atoms with Crippen molar-refractivity contribution in [2.45, 2.75) is 44.7 Å². The lowest BCUT2D eigenvalue weighted by Crippen LogP contribution is -2.40. The Morgan fingerprint density at radius 1 is 1.22 bits per heavy atom. The van der Waals surface area contributed by atoms with Gasteiger partial charge in [0.1, 0.15) is 5.82 Å². The number of aliphatic imine (C=N–C) groups is 1. The first-order chi connectivity index (χ1) is 12.4. The Balaban J connectivity index is 2.86. The van der Waals surface area contributed by atoms with E-state index in [0.29, 0.717) is 35.9 Å². The summed E-state index contributed by atoms with van der Waals surface area (Å²) in [4.78, 5) is 4.41. The molecule has 1 atom stereocenters. The second-order valence-electron chi connectivity index (χ2n) is 7.27. The average Bonchev–Trinajstić information content (AvgIpc) is 2.52. The van der Waals surface area contributed by atoms with E-state index in [0.717, 1.165) is 6.26 Å². The molecule has 0 bridgehead atoms. The minimum absolute atomic E-state index is 0.139. The van der Waals surface area contributed by atoms with E-state index in [-0.39, 0.29) is 17.0 Å². The van der Waals surface area contributed by atoms with Crippen molar-refractivity contribution in [2.75, 3.05) is 25.1 Å². The Labute approximate surface area is 164 Å². The first-order valence-corrected chi connectivity index (χ1v) is 12.2. The van der Waals surface area contributed by atoms with E-state index in [1.807, 2.05) is 27.7 Å². The van der Waals surface area contributed by atoms with Gasteiger partial charge in [0, 0.05) is 40.6 Å². The molecule has 0 aliphatic heterocycles. The highest BCUT2D eigenvalue weighted by Gasteiger charge is 2.18. The van der Waals surface area contributed by atoms with Crippen LogP contribution in [0.5, 0.6) is 0 Å². The van der Waals surface area contributed by atoms with Crippen LogP contribution in [0, 0.1) is 5.82 Å². The molecule has 1 unspecified atom stereocenters. The molecule has 1 rings (SSSR count). The highest BCUT2D eigenvalue weighted by molar-refractivity contribution is 7.89. The Morgan fingerprint density at radius 3 is 2.44 bits per heavy atom. The van der Waals surface area contributed by atoms with Gasteiger partial charge < -0.3 is 10.6 Å². The summed E-state index contributed by atoms with van der Waals surface area (Å²) in [5, 5.41) is 6.19. The van der Waals surface area contributed by atoms with Gasteiger partial charge in [0.05, 0.1) is 12.3 Å². The molecule has 0 aromatic heterocycles. The molecule has 6 nitrogen and oxygen atoms in total. The maximum atomic E-state index is 13.6. The normalized spacial score (nSPS) is 14.1. The second kappa shape index (κ2) is 10.2. The maximum Gasteiger partial charge on any atom is 0.191 e. The molecule has 0 aliphatic carbocycles. The smallest absolute Gasteiger partial charge is 0.191 e. The molecule has 2 N–H and O–H groups in total. The first kappa shape index (κ1) is 23.6. The lowest BCUT2D eigenvalue weighted by atomic mass is 10.1. The summed E-state index contributed by atoms with van der Waals surface area (Å²) in [7, 11) is -4.21. The van der Waals surface area contributed by atoms with Crippen LogP contribution in [0.3, 0.4) is 0 Å². The minimum Gasteiger partial charge on any atom is -0.357 e. The Kier molecular flexibility index (Phi) is 8.87. The summed E-state index contributed by atoms with van der Waals surface area (Å²) in [6.45, 7) is 8.95. The van der Waals surface area contributed by atoms with Gasteiger partial charge >= 0.3 is 0 Å². The number of hydrogen-bond donors (Lipinski definition) is 2. The van der Waals surface area contributed by atoms with Crippen LogP contribution in [-0.4, -0.2) is 48.4 Å². The van der Waals surface area contributed by atoms with Gasteiger partial charge in [0.25, 0.3) is 0 Å². The molecule has 0 heterocycles. The van der Waals surface area contributed by atoms with Crippen molar-refractivity contribution in [3.8, 4) is 0 Å². The summed E-state index contributed by atoms with van der Waals surface area (Å²) in [5.41, 5.74) is 1.06. The Hall–Kier alpha value is -1.48. The van der Waals surface area contributed by atoms with Gasteiger partial charge in [-0.1, -0.05) is 6.07 Å². The predicted molar refractivity (Wildman–Crippen MR) is 111 cm³/mol. The fourth-order valence-electron chi connectivity index (χ4n) is 2.24. The van der Waals surface area contributed by atoms with E-state index >= 15 is 0 Å². The van der Waals surface area contributed by atoms with Crippen LogP contribution in [0.2, 0.25) is 0 Å². The molecule has 1 aromatic carbocycles. The van der Waals surface area contributed by atoms with E-state index in [9.17, 15) is 17.0 Å². The second-order valence-corrected chi connectivity index (χ2v) is 11.7. The highest BCUT2D eigenvalue weighted by atomic mass is 32.2. The quantitative estimate of drug-likeness (QED) is 0.497. The van der Waals surface area contributed by atoms with E-state index < -0.39 is 26.5 Å². The number of halogens is 1. The molecule has 0 aliphatic rings. The van der Waals surface area contributed by atoms with Crippen LogP contribution in [0.4, 0.5) is 4.39 Å². The zero-order chi connectivity index (χ0) is 20.7. The van der Waals surface area contributed by atoms with E-state index in [1.54, 1.807) is 0 Å². The zero-order valence-corrected chi connectivity index (χ0v) is 18.3. The van der Waals surface area contributed by atoms with E-state index in [1.165, 1.54) is 18.2 Å². The van der Waals surface area contributed by atoms with Crippen LogP contribution in [0.25, 0.3) is 0 Å². The van der Waals surface area contributed by atoms with Crippen LogP contribution >= 0.6 is 0 Å². The Morgan fingerprint density at radius 2 is 1.89 bits per heavy atom. The summed E-state index contributed by atoms with van der Waals surface area (Å²) in [6, 6.07) is 4.04. The predicted octanol–water partition coefficient (Wildman–Crippen LogP) is 1.97. The fraction of sp³-hybridized carbons (Fsp3) is 0.611. The monoisotopic (exact) mass is 419 g/mol. The number of sulfone groups is 1. The van der Waals surface area contributed by atoms with Gasteiger partial charge in [-0.05, 0) is 51.0 Å². The molecule has 9 heteroatoms. The third-order valence-electron chi connectivity index (χ3n) is 3.60. The van der Waals surface area contributed by atoms with Gasteiger partial charge in [0.15, 0.2) is 15.8 Å². The summed E-state index contributed by atoms with van der Waals surface area (Å²) in [6.07, 6.45) is 1.14. The summed E-state index contributed by atoms with van der Waals surface area (Å²) < 4.78 is 48.6. The molecule has 0 saturated carbocycles. The van der Waals surface area contributed by atoms with Gasteiger partial charge in [0.2, 0.25) is 0 Å². The lowest BCUT2D eigenvalue weighted by molar-refractivity contribution is 0.600. The molecule has 0 saturated heterocycles. The maximum absolute atomic E-state index is 13.6. The zero-order valence-electron chi connectivity index (χ0n) is 16.6. The number of hydrogen-bond acceptors (Lipinski definition) is 4. The largest absolute Gasteiger partial charge is 0.357 e. The Bertz CT molecular complexity index is 788. The van der Waals surface area contributed by atoms with E-state index in [2.05, 4.69) is 15.6 Å². The molecule has 27 heavy (non-hydrogen) atoms. The number of nitrogens with zero attached hydrogens (tertiary/aromatic N) is 1. The van der Waals surface area contributed by atoms with Gasteiger partial charge in [-0.2, -0.15) is 0 Å². The summed E-state index contributed by atoms with van der Waals surface area (Å²) in [5.74, 6) is 0.397. The van der Waals surface area contributed by atoms with Crippen LogP contribution < -0.4 is 10.6 Å². The number of rotatable bonds is 8. The molecular weight excluding hydrogens is 389 g/mol. The van der Waals surface area contributed by atoms with Gasteiger partial charge in [-0.25, -0.2) is 17.8 Å². The molecule has 154 valence electrons. The first-order valence-electron chi connectivity index (χ1n) is 8.78. The topological polar surface area (TPSA) is 87.6 Å². The standard InChI is InChI=1S/C18H30FN3O3S2/c1-6-20-17(21-9-10-26(23)18(2,3)4)22-12-15-11-16(19)8-7-14(15)13-27(5,24)25/h7-8,11H,6,9-10,12-13H2,1-5H3,(H2,20,21,22). The molecule has 0 amide bonds. The van der Waals surface area contributed by atoms with Crippen LogP contribution in [0.15, 0.2) is 23.2 Å². The van der Waals surface area contributed by atoms with Crippen LogP contribution in [-0.2, 0) is 32.9 Å². The molecule has 0 spiro atoms. The third-order valence-corrected chi connectivity index (χ3v) is 6.38. The van der Waals surface area contributed by atoms with E-state index in [4.69, 9.17) is 0 Å². The molecule has 1 aromatic rings. The fourth-order valence-corrected chi connectivity index (χ4v) is 3.99. The van der Waals surface area contributed by atoms with Crippen molar-refractivity contribution in [3.05, 3.63) is 35.1 Å². The van der Waals surface area contributed by atoms with Crippen molar-refractivity contribution in [1.82, 2.24) is 10.6 Å². The van der Waals surface area contributed by atoms with Crippen molar-refractivity contribution < 1.29 is 17.0 Å².